The number of amides is 1. The molecule has 0 fully saturated rings. The fourth-order valence-corrected chi connectivity index (χ4v) is 2.62. The average Bonchev–Trinajstić information content (AvgIpc) is 2.70. The summed E-state index contributed by atoms with van der Waals surface area (Å²) in [5.74, 6) is 0.533. The third kappa shape index (κ3) is 4.82. The second-order valence-electron chi connectivity index (χ2n) is 5.89. The molecule has 3 aromatic rings. The van der Waals surface area contributed by atoms with Crippen molar-refractivity contribution in [1.82, 2.24) is 14.9 Å². The summed E-state index contributed by atoms with van der Waals surface area (Å²) in [6.45, 7) is 3.17. The molecule has 1 heterocycles. The Morgan fingerprint density at radius 3 is 2.52 bits per heavy atom. The van der Waals surface area contributed by atoms with Crippen LogP contribution in [0, 0.1) is 0 Å². The van der Waals surface area contributed by atoms with Crippen LogP contribution in [-0.4, -0.2) is 28.6 Å². The summed E-state index contributed by atoms with van der Waals surface area (Å²) in [6.07, 6.45) is 1.51. The Labute approximate surface area is 157 Å². The van der Waals surface area contributed by atoms with Gasteiger partial charge in [0, 0.05) is 30.3 Å². The second-order valence-corrected chi connectivity index (χ2v) is 5.89. The molecule has 138 valence electrons. The van der Waals surface area contributed by atoms with Gasteiger partial charge in [0.2, 0.25) is 0 Å². The van der Waals surface area contributed by atoms with Gasteiger partial charge in [-0.05, 0) is 31.2 Å². The van der Waals surface area contributed by atoms with Crippen molar-refractivity contribution in [2.75, 3.05) is 13.2 Å². The van der Waals surface area contributed by atoms with Crippen LogP contribution in [0.15, 0.2) is 71.8 Å². The number of carbonyl (C=O) groups excluding carboxylic acids is 1. The van der Waals surface area contributed by atoms with Crippen molar-refractivity contribution in [2.45, 2.75) is 13.5 Å². The van der Waals surface area contributed by atoms with E-state index in [0.717, 1.165) is 11.3 Å². The second kappa shape index (κ2) is 8.80. The number of carbonyl (C=O) groups is 1. The summed E-state index contributed by atoms with van der Waals surface area (Å²) >= 11 is 0. The lowest BCUT2D eigenvalue weighted by atomic mass is 10.1. The zero-order chi connectivity index (χ0) is 19.1. The lowest BCUT2D eigenvalue weighted by Crippen LogP contribution is -2.30. The molecule has 1 amide bonds. The van der Waals surface area contributed by atoms with Crippen molar-refractivity contribution < 1.29 is 9.53 Å². The van der Waals surface area contributed by atoms with Gasteiger partial charge >= 0.3 is 0 Å². The van der Waals surface area contributed by atoms with Crippen LogP contribution < -0.4 is 15.6 Å². The molecule has 0 aliphatic rings. The Hall–Kier alpha value is -3.41. The van der Waals surface area contributed by atoms with Crippen molar-refractivity contribution in [1.29, 1.82) is 0 Å². The zero-order valence-electron chi connectivity index (χ0n) is 15.1. The first-order chi connectivity index (χ1) is 13.2. The molecule has 0 spiro atoms. The fraction of sp³-hybridized carbons (Fsp3) is 0.190. The Bertz CT molecular complexity index is 950. The van der Waals surface area contributed by atoms with Crippen molar-refractivity contribution in [3.05, 3.63) is 82.9 Å². The largest absolute Gasteiger partial charge is 0.494 e. The third-order valence-corrected chi connectivity index (χ3v) is 4.01. The number of nitrogens with zero attached hydrogens (tertiary/aromatic N) is 2. The molecule has 0 aliphatic heterocycles. The number of rotatable bonds is 7. The first-order valence-corrected chi connectivity index (χ1v) is 8.80. The average molecular weight is 363 g/mol. The molecule has 3 rings (SSSR count). The molecule has 6 heteroatoms. The highest BCUT2D eigenvalue weighted by molar-refractivity contribution is 5.94. The Balaban J connectivity index is 1.57. The standard InChI is InChI=1S/C21H21N3O3/c1-2-27-18-10-8-17(9-11-18)21(26)22-12-13-24-15-23-19(14-20(24)25)16-6-4-3-5-7-16/h3-11,14-15H,2,12-13H2,1H3,(H,22,26). The van der Waals surface area contributed by atoms with Gasteiger partial charge in [-0.2, -0.15) is 0 Å². The van der Waals surface area contributed by atoms with Gasteiger partial charge < -0.3 is 10.1 Å². The predicted molar refractivity (Wildman–Crippen MR) is 104 cm³/mol. The van der Waals surface area contributed by atoms with Crippen LogP contribution in [0.4, 0.5) is 0 Å². The number of hydrogen-bond donors (Lipinski definition) is 1. The SMILES string of the molecule is CCOc1ccc(C(=O)NCCn2cnc(-c3ccccc3)cc2=O)cc1. The number of nitrogens with one attached hydrogen (secondary N) is 1. The van der Waals surface area contributed by atoms with Crippen LogP contribution in [-0.2, 0) is 6.54 Å². The van der Waals surface area contributed by atoms with Crippen LogP contribution in [0.1, 0.15) is 17.3 Å². The van der Waals surface area contributed by atoms with Gasteiger partial charge in [0.1, 0.15) is 5.75 Å². The Morgan fingerprint density at radius 2 is 1.85 bits per heavy atom. The minimum atomic E-state index is -0.194. The van der Waals surface area contributed by atoms with Crippen LogP contribution in [0.3, 0.4) is 0 Å². The van der Waals surface area contributed by atoms with Gasteiger partial charge in [0.15, 0.2) is 0 Å². The topological polar surface area (TPSA) is 73.2 Å². The first kappa shape index (κ1) is 18.4. The van der Waals surface area contributed by atoms with Crippen molar-refractivity contribution >= 4 is 5.91 Å². The van der Waals surface area contributed by atoms with Gasteiger partial charge in [-0.15, -0.1) is 0 Å². The van der Waals surface area contributed by atoms with E-state index < -0.39 is 0 Å². The Kier molecular flexibility index (Phi) is 5.99. The summed E-state index contributed by atoms with van der Waals surface area (Å²) in [5, 5.41) is 2.81. The van der Waals surface area contributed by atoms with E-state index in [1.54, 1.807) is 24.3 Å². The zero-order valence-corrected chi connectivity index (χ0v) is 15.1. The molecule has 6 nitrogen and oxygen atoms in total. The number of benzene rings is 2. The molecule has 0 saturated carbocycles. The van der Waals surface area contributed by atoms with E-state index in [9.17, 15) is 9.59 Å². The number of aromatic nitrogens is 2. The maximum Gasteiger partial charge on any atom is 0.253 e. The van der Waals surface area contributed by atoms with Crippen LogP contribution >= 0.6 is 0 Å². The monoisotopic (exact) mass is 363 g/mol. The van der Waals surface area contributed by atoms with Gasteiger partial charge in [-0.1, -0.05) is 30.3 Å². The maximum absolute atomic E-state index is 12.3. The molecule has 0 unspecified atom stereocenters. The summed E-state index contributed by atoms with van der Waals surface area (Å²) < 4.78 is 6.83. The van der Waals surface area contributed by atoms with Gasteiger partial charge in [-0.3, -0.25) is 14.2 Å². The summed E-state index contributed by atoms with van der Waals surface area (Å²) in [4.78, 5) is 28.8. The van der Waals surface area contributed by atoms with Crippen LogP contribution in [0.5, 0.6) is 5.75 Å². The molecule has 0 saturated heterocycles. The summed E-state index contributed by atoms with van der Waals surface area (Å²) in [5.41, 5.74) is 1.92. The third-order valence-electron chi connectivity index (χ3n) is 4.01. The maximum atomic E-state index is 12.3. The number of ether oxygens (including phenoxy) is 1. The van der Waals surface area contributed by atoms with E-state index in [1.165, 1.54) is 17.0 Å². The van der Waals surface area contributed by atoms with Crippen LogP contribution in [0.25, 0.3) is 11.3 Å². The Morgan fingerprint density at radius 1 is 1.11 bits per heavy atom. The van der Waals surface area contributed by atoms with E-state index in [0.29, 0.717) is 31.0 Å². The molecule has 2 aromatic carbocycles. The van der Waals surface area contributed by atoms with Crippen molar-refractivity contribution in [3.8, 4) is 17.0 Å². The molecule has 1 N–H and O–H groups in total. The molecular weight excluding hydrogens is 342 g/mol. The quantitative estimate of drug-likeness (QED) is 0.700. The first-order valence-electron chi connectivity index (χ1n) is 8.80. The predicted octanol–water partition coefficient (Wildman–Crippen LogP) is 2.74. The summed E-state index contributed by atoms with van der Waals surface area (Å²) in [7, 11) is 0. The lowest BCUT2D eigenvalue weighted by molar-refractivity contribution is 0.0952. The van der Waals surface area contributed by atoms with E-state index in [2.05, 4.69) is 10.3 Å². The molecule has 0 bridgehead atoms. The number of hydrogen-bond acceptors (Lipinski definition) is 4. The molecule has 0 aliphatic carbocycles. The minimum absolute atomic E-state index is 0.154. The van der Waals surface area contributed by atoms with Gasteiger partial charge in [0.05, 0.1) is 18.6 Å². The van der Waals surface area contributed by atoms with E-state index in [-0.39, 0.29) is 11.5 Å². The molecule has 1 aromatic heterocycles. The van der Waals surface area contributed by atoms with Crippen LogP contribution in [0.2, 0.25) is 0 Å². The molecule has 0 atom stereocenters. The van der Waals surface area contributed by atoms with Crippen molar-refractivity contribution in [3.63, 3.8) is 0 Å². The molecule has 0 radical (unpaired) electrons. The van der Waals surface area contributed by atoms with Crippen molar-refractivity contribution in [2.24, 2.45) is 0 Å². The molecule has 27 heavy (non-hydrogen) atoms. The minimum Gasteiger partial charge on any atom is -0.494 e. The van der Waals surface area contributed by atoms with E-state index in [1.807, 2.05) is 37.3 Å². The van der Waals surface area contributed by atoms with E-state index >= 15 is 0 Å². The normalized spacial score (nSPS) is 10.4. The van der Waals surface area contributed by atoms with Gasteiger partial charge in [0.25, 0.3) is 11.5 Å². The van der Waals surface area contributed by atoms with E-state index in [4.69, 9.17) is 4.74 Å². The highest BCUT2D eigenvalue weighted by Gasteiger charge is 2.06. The highest BCUT2D eigenvalue weighted by atomic mass is 16.5. The highest BCUT2D eigenvalue weighted by Crippen LogP contribution is 2.13. The van der Waals surface area contributed by atoms with Gasteiger partial charge in [-0.25, -0.2) is 4.98 Å². The smallest absolute Gasteiger partial charge is 0.253 e. The molecular formula is C21H21N3O3. The summed E-state index contributed by atoms with van der Waals surface area (Å²) in [6, 6.07) is 18.0. The fourth-order valence-electron chi connectivity index (χ4n) is 2.62. The lowest BCUT2D eigenvalue weighted by Gasteiger charge is -2.09.